The summed E-state index contributed by atoms with van der Waals surface area (Å²) in [6, 6.07) is 0. The first-order chi connectivity index (χ1) is 8.65. The Morgan fingerprint density at radius 3 is 2.56 bits per heavy atom. The van der Waals surface area contributed by atoms with Crippen LogP contribution in [0.2, 0.25) is 0 Å². The molecule has 1 saturated carbocycles. The number of aryl methyl sites for hydroxylation is 1. The highest BCUT2D eigenvalue weighted by Crippen LogP contribution is 2.34. The summed E-state index contributed by atoms with van der Waals surface area (Å²) in [4.78, 5) is 0. The molecule has 1 fully saturated rings. The molecule has 1 aromatic rings. The molecule has 3 heteroatoms. The van der Waals surface area contributed by atoms with Gasteiger partial charge in [0.2, 0.25) is 6.33 Å². The molecule has 102 valence electrons. The Morgan fingerprint density at radius 1 is 1.28 bits per heavy atom. The van der Waals surface area contributed by atoms with E-state index in [-0.39, 0.29) is 0 Å². The largest absolute Gasteiger partial charge is 0.243 e. The van der Waals surface area contributed by atoms with Crippen molar-refractivity contribution in [1.82, 2.24) is 4.57 Å². The number of hydrogen-bond donors (Lipinski definition) is 0. The van der Waals surface area contributed by atoms with E-state index >= 15 is 0 Å². The zero-order valence-corrected chi connectivity index (χ0v) is 12.8. The van der Waals surface area contributed by atoms with Crippen molar-refractivity contribution in [3.8, 4) is 0 Å². The van der Waals surface area contributed by atoms with Crippen molar-refractivity contribution < 1.29 is 4.57 Å². The van der Waals surface area contributed by atoms with Crippen LogP contribution < -0.4 is 4.57 Å². The first-order valence-corrected chi connectivity index (χ1v) is 8.26. The second-order valence-electron chi connectivity index (χ2n) is 5.95. The molecular weight excluding hydrogens is 240 g/mol. The minimum absolute atomic E-state index is 0.750. The Bertz CT molecular complexity index is 353. The Labute approximate surface area is 116 Å². The molecule has 1 heterocycles. The average Bonchev–Trinajstić information content (AvgIpc) is 2.75. The van der Waals surface area contributed by atoms with E-state index in [2.05, 4.69) is 60.5 Å². The first kappa shape index (κ1) is 14.0. The lowest BCUT2D eigenvalue weighted by Crippen LogP contribution is -2.26. The fraction of sp³-hybridized carbons (Fsp3) is 0.800. The van der Waals surface area contributed by atoms with Crippen molar-refractivity contribution in [2.24, 2.45) is 13.0 Å². The van der Waals surface area contributed by atoms with Crippen LogP contribution in [0.25, 0.3) is 0 Å². The molecule has 0 radical (unpaired) electrons. The van der Waals surface area contributed by atoms with Gasteiger partial charge in [-0.1, -0.05) is 33.1 Å². The van der Waals surface area contributed by atoms with E-state index < -0.39 is 0 Å². The summed E-state index contributed by atoms with van der Waals surface area (Å²) in [7, 11) is 2.09. The summed E-state index contributed by atoms with van der Waals surface area (Å²) >= 11 is 2.25. The first-order valence-electron chi connectivity index (χ1n) is 7.31. The minimum Gasteiger partial charge on any atom is -0.240 e. The lowest BCUT2D eigenvalue weighted by molar-refractivity contribution is -0.671. The Hall–Kier alpha value is -0.440. The summed E-state index contributed by atoms with van der Waals surface area (Å²) in [6.07, 6.45) is 13.7. The van der Waals surface area contributed by atoms with Crippen LogP contribution in [0.4, 0.5) is 0 Å². The van der Waals surface area contributed by atoms with Gasteiger partial charge in [0.15, 0.2) is 0 Å². The Kier molecular flexibility index (Phi) is 5.16. The van der Waals surface area contributed by atoms with Gasteiger partial charge in [-0.3, -0.25) is 0 Å². The molecule has 0 bridgehead atoms. The molecule has 0 spiro atoms. The number of hydrogen-bond acceptors (Lipinski definition) is 1. The summed E-state index contributed by atoms with van der Waals surface area (Å²) in [5.41, 5.74) is 0. The maximum atomic E-state index is 2.37. The van der Waals surface area contributed by atoms with Crippen LogP contribution in [0, 0.1) is 5.92 Å². The van der Waals surface area contributed by atoms with Crippen molar-refractivity contribution in [1.29, 1.82) is 0 Å². The van der Waals surface area contributed by atoms with Crippen LogP contribution in [0.15, 0.2) is 18.7 Å². The van der Waals surface area contributed by atoms with Crippen molar-refractivity contribution in [3.63, 3.8) is 0 Å². The van der Waals surface area contributed by atoms with Gasteiger partial charge in [-0.25, -0.2) is 9.13 Å². The zero-order chi connectivity index (χ0) is 13.0. The molecule has 0 amide bonds. The lowest BCUT2D eigenvalue weighted by Gasteiger charge is -2.27. The summed E-state index contributed by atoms with van der Waals surface area (Å²) in [6.45, 7) is 5.88. The van der Waals surface area contributed by atoms with E-state index in [1.165, 1.54) is 32.1 Å². The number of nitrogens with zero attached hydrogens (tertiary/aromatic N) is 2. The predicted octanol–water partition coefficient (Wildman–Crippen LogP) is 3.40. The van der Waals surface area contributed by atoms with Crippen LogP contribution in [0.5, 0.6) is 0 Å². The van der Waals surface area contributed by atoms with Gasteiger partial charge in [0.1, 0.15) is 18.9 Å². The van der Waals surface area contributed by atoms with Gasteiger partial charge in [0.05, 0.1) is 7.05 Å². The molecule has 0 aliphatic heterocycles. The van der Waals surface area contributed by atoms with E-state index in [1.54, 1.807) is 0 Å². The Morgan fingerprint density at radius 2 is 2.00 bits per heavy atom. The number of imidazole rings is 1. The summed E-state index contributed by atoms with van der Waals surface area (Å²) in [5, 5.41) is 1.66. The van der Waals surface area contributed by atoms with Gasteiger partial charge in [0.25, 0.3) is 0 Å². The fourth-order valence-corrected chi connectivity index (χ4v) is 4.35. The number of aromatic nitrogens is 2. The van der Waals surface area contributed by atoms with E-state index in [0.29, 0.717) is 0 Å². The normalized spacial score (nSPS) is 19.3. The molecule has 2 nitrogen and oxygen atoms in total. The lowest BCUT2D eigenvalue weighted by atomic mass is 10.0. The topological polar surface area (TPSA) is 8.81 Å². The second kappa shape index (κ2) is 6.65. The van der Waals surface area contributed by atoms with Gasteiger partial charge in [-0.05, 0) is 18.8 Å². The fourth-order valence-electron chi connectivity index (χ4n) is 2.68. The van der Waals surface area contributed by atoms with E-state index in [4.69, 9.17) is 0 Å². The molecule has 1 aromatic heterocycles. The van der Waals surface area contributed by atoms with Crippen LogP contribution in [-0.4, -0.2) is 15.1 Å². The third-order valence-electron chi connectivity index (χ3n) is 3.88. The predicted molar refractivity (Wildman–Crippen MR) is 78.7 cm³/mol. The molecule has 0 unspecified atom stereocenters. The van der Waals surface area contributed by atoms with Crippen molar-refractivity contribution >= 4 is 11.8 Å². The molecule has 1 aliphatic rings. The number of rotatable bonds is 5. The van der Waals surface area contributed by atoms with Crippen LogP contribution in [0.1, 0.15) is 46.0 Å². The molecule has 1 aliphatic carbocycles. The average molecular weight is 267 g/mol. The van der Waals surface area contributed by atoms with Crippen molar-refractivity contribution in [3.05, 3.63) is 18.7 Å². The van der Waals surface area contributed by atoms with Gasteiger partial charge in [0, 0.05) is 10.5 Å². The Balaban J connectivity index is 1.90. The smallest absolute Gasteiger partial charge is 0.240 e. The van der Waals surface area contributed by atoms with Crippen LogP contribution in [-0.2, 0) is 13.6 Å². The van der Waals surface area contributed by atoms with Gasteiger partial charge < -0.3 is 0 Å². The van der Waals surface area contributed by atoms with Gasteiger partial charge in [-0.15, -0.1) is 0 Å². The van der Waals surface area contributed by atoms with Crippen LogP contribution >= 0.6 is 11.8 Å². The summed E-state index contributed by atoms with van der Waals surface area (Å²) < 4.78 is 4.46. The highest BCUT2D eigenvalue weighted by atomic mass is 32.2. The number of thioether (sulfide) groups is 1. The SMILES string of the molecule is CC(C)[C@H](Cn1cc[n+](C)c1)SC1CCCCC1. The maximum Gasteiger partial charge on any atom is 0.243 e. The monoisotopic (exact) mass is 267 g/mol. The van der Waals surface area contributed by atoms with E-state index in [0.717, 1.165) is 23.0 Å². The second-order valence-corrected chi connectivity index (χ2v) is 7.50. The molecule has 1 atom stereocenters. The van der Waals surface area contributed by atoms with Crippen LogP contribution in [0.3, 0.4) is 0 Å². The third kappa shape index (κ3) is 4.04. The van der Waals surface area contributed by atoms with E-state index in [1.807, 2.05) is 0 Å². The van der Waals surface area contributed by atoms with Crippen molar-refractivity contribution in [2.45, 2.75) is 63.0 Å². The highest BCUT2D eigenvalue weighted by molar-refractivity contribution is 8.00. The van der Waals surface area contributed by atoms with Gasteiger partial charge >= 0.3 is 0 Å². The molecule has 2 rings (SSSR count). The molecule has 0 saturated heterocycles. The third-order valence-corrected chi connectivity index (χ3v) is 5.78. The van der Waals surface area contributed by atoms with Crippen molar-refractivity contribution in [2.75, 3.05) is 0 Å². The zero-order valence-electron chi connectivity index (χ0n) is 12.0. The highest BCUT2D eigenvalue weighted by Gasteiger charge is 2.23. The minimum atomic E-state index is 0.750. The quantitative estimate of drug-likeness (QED) is 0.743. The molecule has 18 heavy (non-hydrogen) atoms. The van der Waals surface area contributed by atoms with E-state index in [9.17, 15) is 0 Å². The maximum absolute atomic E-state index is 2.37. The molecular formula is C15H27N2S+. The molecule has 0 N–H and O–H groups in total. The standard InChI is InChI=1S/C15H27N2S/c1-13(2)15(11-17-10-9-16(3)12-17)18-14-7-5-4-6-8-14/h9-10,12-15H,4-8,11H2,1-3H3/q+1/t15-/m0/s1. The van der Waals surface area contributed by atoms with Gasteiger partial charge in [-0.2, -0.15) is 11.8 Å². The molecule has 0 aromatic carbocycles. The summed E-state index contributed by atoms with van der Waals surface area (Å²) in [5.74, 6) is 0.754.